The van der Waals surface area contributed by atoms with Crippen LogP contribution in [0.3, 0.4) is 0 Å². The minimum absolute atomic E-state index is 0.101. The van der Waals surface area contributed by atoms with Crippen LogP contribution in [-0.2, 0) is 28.6 Å². The first-order valence-electron chi connectivity index (χ1n) is 34.9. The van der Waals surface area contributed by atoms with Crippen LogP contribution in [-0.4, -0.2) is 37.2 Å². The van der Waals surface area contributed by atoms with Crippen LogP contribution in [0.25, 0.3) is 0 Å². The molecule has 0 fully saturated rings. The van der Waals surface area contributed by atoms with Gasteiger partial charge >= 0.3 is 17.9 Å². The molecule has 0 aromatic rings. The fourth-order valence-electron chi connectivity index (χ4n) is 10.3. The molecule has 0 aliphatic carbocycles. The summed E-state index contributed by atoms with van der Waals surface area (Å²) in [4.78, 5) is 38.2. The van der Waals surface area contributed by atoms with Crippen molar-refractivity contribution < 1.29 is 28.6 Å². The Labute approximate surface area is 497 Å². The molecule has 0 spiro atoms. The summed E-state index contributed by atoms with van der Waals surface area (Å²) >= 11 is 0. The van der Waals surface area contributed by atoms with Crippen LogP contribution in [0.5, 0.6) is 0 Å². The normalized spacial score (nSPS) is 12.5. The Balaban J connectivity index is 4.16. The first-order valence-corrected chi connectivity index (χ1v) is 34.9. The van der Waals surface area contributed by atoms with Crippen molar-refractivity contribution in [3.8, 4) is 0 Å². The number of esters is 3. The number of allylic oxidation sites excluding steroid dienone is 11. The van der Waals surface area contributed by atoms with Gasteiger partial charge in [-0.15, -0.1) is 0 Å². The minimum atomic E-state index is -0.828. The van der Waals surface area contributed by atoms with Gasteiger partial charge in [-0.05, 0) is 70.6 Å². The molecule has 6 heteroatoms. The second kappa shape index (κ2) is 68.3. The fourth-order valence-corrected chi connectivity index (χ4v) is 10.3. The van der Waals surface area contributed by atoms with Gasteiger partial charge in [0.05, 0.1) is 6.42 Å². The fraction of sp³-hybridized carbons (Fsp3) is 0.797. The molecule has 0 aliphatic rings. The summed E-state index contributed by atoms with van der Waals surface area (Å²) in [6, 6.07) is 0. The molecule has 0 bridgehead atoms. The largest absolute Gasteiger partial charge is 0.462 e. The van der Waals surface area contributed by atoms with Crippen molar-refractivity contribution in [1.82, 2.24) is 0 Å². The number of hydrogen-bond donors (Lipinski definition) is 0. The van der Waals surface area contributed by atoms with Crippen molar-refractivity contribution >= 4 is 17.9 Å². The van der Waals surface area contributed by atoms with Crippen molar-refractivity contribution in [2.24, 2.45) is 0 Å². The zero-order valence-corrected chi connectivity index (χ0v) is 53.3. The first kappa shape index (κ1) is 76.9. The molecule has 80 heavy (non-hydrogen) atoms. The van der Waals surface area contributed by atoms with Crippen LogP contribution in [0.1, 0.15) is 361 Å². The Morgan fingerprint density at radius 2 is 0.525 bits per heavy atom. The van der Waals surface area contributed by atoms with Gasteiger partial charge in [0.2, 0.25) is 0 Å². The summed E-state index contributed by atoms with van der Waals surface area (Å²) in [5.41, 5.74) is 0. The van der Waals surface area contributed by atoms with Crippen molar-refractivity contribution in [2.75, 3.05) is 13.2 Å². The Hall–Kier alpha value is -3.15. The Kier molecular flexibility index (Phi) is 65.7. The van der Waals surface area contributed by atoms with Crippen LogP contribution >= 0.6 is 0 Å². The number of hydrogen-bond acceptors (Lipinski definition) is 6. The third-order valence-electron chi connectivity index (χ3n) is 15.5. The van der Waals surface area contributed by atoms with Crippen LogP contribution in [0.4, 0.5) is 0 Å². The molecular weight excluding hydrogens is 985 g/mol. The lowest BCUT2D eigenvalue weighted by atomic mass is 10.0. The molecule has 0 saturated heterocycles. The lowest BCUT2D eigenvalue weighted by Crippen LogP contribution is -2.30. The van der Waals surface area contributed by atoms with E-state index in [-0.39, 0.29) is 31.6 Å². The highest BCUT2D eigenvalue weighted by molar-refractivity contribution is 5.72. The maximum atomic E-state index is 12.8. The molecule has 0 amide bonds. The maximum Gasteiger partial charge on any atom is 0.310 e. The molecular formula is C74H132O6. The third kappa shape index (κ3) is 65.7. The van der Waals surface area contributed by atoms with Crippen molar-refractivity contribution in [3.63, 3.8) is 0 Å². The van der Waals surface area contributed by atoms with E-state index >= 15 is 0 Å². The van der Waals surface area contributed by atoms with E-state index in [2.05, 4.69) is 81.5 Å². The van der Waals surface area contributed by atoms with E-state index in [0.29, 0.717) is 12.8 Å². The van der Waals surface area contributed by atoms with Crippen LogP contribution in [0.15, 0.2) is 72.9 Å². The van der Waals surface area contributed by atoms with E-state index in [9.17, 15) is 14.4 Å². The smallest absolute Gasteiger partial charge is 0.310 e. The van der Waals surface area contributed by atoms with Gasteiger partial charge in [0.1, 0.15) is 13.2 Å². The van der Waals surface area contributed by atoms with Gasteiger partial charge in [-0.1, -0.05) is 344 Å². The third-order valence-corrected chi connectivity index (χ3v) is 15.5. The van der Waals surface area contributed by atoms with Gasteiger partial charge < -0.3 is 14.2 Å². The van der Waals surface area contributed by atoms with E-state index in [1.165, 1.54) is 250 Å². The number of rotatable bonds is 64. The van der Waals surface area contributed by atoms with Crippen LogP contribution < -0.4 is 0 Å². The topological polar surface area (TPSA) is 78.9 Å². The quantitative estimate of drug-likeness (QED) is 0.0261. The standard InChI is InChI=1S/C74H132O6/c1-4-7-10-13-16-19-22-25-28-29-30-31-32-33-34-35-36-37-38-39-40-41-42-43-44-45-47-49-52-55-58-61-64-67-73(76)79-70-71(69-78-72(75)66-63-60-57-54-51-48-27-24-21-18-15-12-9-6-3)80-74(77)68-65-62-59-56-53-50-46-26-23-20-17-14-11-8-5-2/h8,11,17,20,26,29-30,46,53,56,62,65,71H,4-7,9-10,12-16,18-19,21-25,27-28,31-45,47-52,54-55,57-61,63-64,66-70H2,1-3H3/b11-8-,20-17-,30-29-,46-26-,56-53-,65-62-. The SMILES string of the molecule is CC/C=C\C/C=C\C/C=C\C/C=C\C/C=C\CC(=O)OC(COC(=O)CCCCCCCCCCCCCCCC)COC(=O)CCCCCCCCCCCCCCCCCCCCCCC/C=C\CCCCCCCCCC. The molecule has 1 unspecified atom stereocenters. The molecule has 464 valence electrons. The highest BCUT2D eigenvalue weighted by Gasteiger charge is 2.19. The zero-order chi connectivity index (χ0) is 57.8. The Bertz CT molecular complexity index is 1470. The average Bonchev–Trinajstić information content (AvgIpc) is 3.46. The summed E-state index contributed by atoms with van der Waals surface area (Å²) in [6.07, 6.45) is 89.8. The summed E-state index contributed by atoms with van der Waals surface area (Å²) in [6.45, 7) is 6.49. The second-order valence-corrected chi connectivity index (χ2v) is 23.4. The van der Waals surface area contributed by atoms with Gasteiger partial charge in [0, 0.05) is 12.8 Å². The molecule has 0 aromatic carbocycles. The second-order valence-electron chi connectivity index (χ2n) is 23.4. The molecule has 0 heterocycles. The number of carbonyl (C=O) groups excluding carboxylic acids is 3. The van der Waals surface area contributed by atoms with Crippen molar-refractivity contribution in [1.29, 1.82) is 0 Å². The maximum absolute atomic E-state index is 12.8. The van der Waals surface area contributed by atoms with E-state index in [4.69, 9.17) is 14.2 Å². The molecule has 0 rings (SSSR count). The summed E-state index contributed by atoms with van der Waals surface area (Å²) in [7, 11) is 0. The molecule has 0 N–H and O–H groups in total. The van der Waals surface area contributed by atoms with Gasteiger partial charge in [-0.25, -0.2) is 0 Å². The van der Waals surface area contributed by atoms with E-state index in [0.717, 1.165) is 70.6 Å². The lowest BCUT2D eigenvalue weighted by Gasteiger charge is -2.18. The van der Waals surface area contributed by atoms with E-state index in [1.54, 1.807) is 6.08 Å². The number of unbranched alkanes of at least 4 members (excludes halogenated alkanes) is 42. The number of carbonyl (C=O) groups is 3. The summed E-state index contributed by atoms with van der Waals surface area (Å²) in [5, 5.41) is 0. The minimum Gasteiger partial charge on any atom is -0.462 e. The Morgan fingerprint density at radius 3 is 0.812 bits per heavy atom. The highest BCUT2D eigenvalue weighted by Crippen LogP contribution is 2.18. The van der Waals surface area contributed by atoms with Crippen LogP contribution in [0.2, 0.25) is 0 Å². The molecule has 0 aromatic heterocycles. The number of ether oxygens (including phenoxy) is 3. The average molecular weight is 1120 g/mol. The van der Waals surface area contributed by atoms with Gasteiger partial charge in [0.15, 0.2) is 6.10 Å². The van der Waals surface area contributed by atoms with Crippen molar-refractivity contribution in [2.45, 2.75) is 367 Å². The predicted octanol–water partition coefficient (Wildman–Crippen LogP) is 24.1. The van der Waals surface area contributed by atoms with E-state index < -0.39 is 12.1 Å². The van der Waals surface area contributed by atoms with Crippen molar-refractivity contribution in [3.05, 3.63) is 72.9 Å². The first-order chi connectivity index (χ1) is 39.5. The van der Waals surface area contributed by atoms with Gasteiger partial charge in [0.25, 0.3) is 0 Å². The van der Waals surface area contributed by atoms with Gasteiger partial charge in [-0.3, -0.25) is 14.4 Å². The molecule has 6 nitrogen and oxygen atoms in total. The zero-order valence-electron chi connectivity index (χ0n) is 53.3. The molecule has 0 aliphatic heterocycles. The van der Waals surface area contributed by atoms with E-state index in [1.807, 2.05) is 6.08 Å². The summed E-state index contributed by atoms with van der Waals surface area (Å²) < 4.78 is 16.8. The Morgan fingerprint density at radius 1 is 0.275 bits per heavy atom. The lowest BCUT2D eigenvalue weighted by molar-refractivity contribution is -0.166. The summed E-state index contributed by atoms with van der Waals surface area (Å²) in [5.74, 6) is -1.02. The van der Waals surface area contributed by atoms with Gasteiger partial charge in [-0.2, -0.15) is 0 Å². The molecule has 1 atom stereocenters. The molecule has 0 radical (unpaired) electrons. The highest BCUT2D eigenvalue weighted by atomic mass is 16.6. The van der Waals surface area contributed by atoms with Crippen LogP contribution in [0, 0.1) is 0 Å². The molecule has 0 saturated carbocycles. The predicted molar refractivity (Wildman–Crippen MR) is 348 cm³/mol. The monoisotopic (exact) mass is 1120 g/mol.